The second kappa shape index (κ2) is 24.2. The van der Waals surface area contributed by atoms with Crippen LogP contribution >= 0.6 is 11.6 Å². The van der Waals surface area contributed by atoms with Crippen LogP contribution < -0.4 is 44.7 Å². The number of hydrogen-bond acceptors (Lipinski definition) is 9. The standard InChI is InChI=1S/C50H63ClN2O8.Na/c1-49(2)38-20-9-11-22-40(38)52(32-13-5-7-26-46(58)60-34-16-24-44(54)55)42(49)30-28-36-18-15-19-37(48(36)51)29-31-43-50(3,4)39-21-10-12-23-41(39)53(43)33-14-6-8-27-47(59)61-35-17-25-45(56)57;/h9-12,20-23,28-31H,5-8,13-19,24-27,32-35H2,1-4H3,(H-,54,55,56,57);/q;+1/p-1. The van der Waals surface area contributed by atoms with E-state index >= 15 is 0 Å². The number of para-hydroxylation sites is 2. The number of carboxylic acid groups (broad SMARTS) is 2. The van der Waals surface area contributed by atoms with Crippen molar-refractivity contribution < 1.29 is 73.0 Å². The Morgan fingerprint density at radius 3 is 1.95 bits per heavy atom. The molecule has 2 aliphatic heterocycles. The molecule has 0 spiro atoms. The van der Waals surface area contributed by atoms with Crippen LogP contribution in [0.5, 0.6) is 0 Å². The molecule has 0 unspecified atom stereocenters. The zero-order chi connectivity index (χ0) is 44.0. The molecule has 0 saturated carbocycles. The van der Waals surface area contributed by atoms with E-state index < -0.39 is 11.9 Å². The summed E-state index contributed by atoms with van der Waals surface area (Å²) in [5, 5.41) is 22.0. The smallest absolute Gasteiger partial charge is 0.550 e. The predicted molar refractivity (Wildman–Crippen MR) is 235 cm³/mol. The van der Waals surface area contributed by atoms with E-state index in [1.54, 1.807) is 0 Å². The topological polar surface area (TPSA) is 139 Å². The maximum atomic E-state index is 12.2. The zero-order valence-electron chi connectivity index (χ0n) is 37.4. The molecule has 0 aromatic heterocycles. The summed E-state index contributed by atoms with van der Waals surface area (Å²) in [5.41, 5.74) is 9.19. The van der Waals surface area contributed by atoms with Gasteiger partial charge in [0.25, 0.3) is 0 Å². The molecule has 1 aliphatic carbocycles. The Balaban J connectivity index is 0.00000845. The average molecular weight is 877 g/mol. The van der Waals surface area contributed by atoms with Crippen molar-refractivity contribution in [3.05, 3.63) is 106 Å². The Kier molecular flexibility index (Phi) is 19.8. The van der Waals surface area contributed by atoms with Gasteiger partial charge in [0.2, 0.25) is 5.69 Å². The van der Waals surface area contributed by atoms with Crippen LogP contribution in [-0.4, -0.2) is 60.5 Å². The van der Waals surface area contributed by atoms with Gasteiger partial charge in [-0.2, -0.15) is 4.58 Å². The van der Waals surface area contributed by atoms with Crippen LogP contribution in [0.1, 0.15) is 135 Å². The largest absolute Gasteiger partial charge is 1.00 e. The molecule has 0 N–H and O–H groups in total. The van der Waals surface area contributed by atoms with Crippen molar-refractivity contribution in [1.82, 2.24) is 0 Å². The summed E-state index contributed by atoms with van der Waals surface area (Å²) in [5.74, 6) is -2.87. The number of allylic oxidation sites excluding steroid dienone is 8. The average Bonchev–Trinajstić information content (AvgIpc) is 3.57. The minimum atomic E-state index is -1.14. The molecule has 2 aromatic rings. The van der Waals surface area contributed by atoms with Crippen molar-refractivity contribution >= 4 is 52.6 Å². The van der Waals surface area contributed by atoms with Crippen LogP contribution in [0.15, 0.2) is 94.7 Å². The van der Waals surface area contributed by atoms with Crippen LogP contribution in [0.3, 0.4) is 0 Å². The van der Waals surface area contributed by atoms with Gasteiger partial charge in [-0.15, -0.1) is 0 Å². The quantitative estimate of drug-likeness (QED) is 0.0641. The number of unbranched alkanes of at least 4 members (excludes halogenated alkanes) is 4. The fourth-order valence-corrected chi connectivity index (χ4v) is 9.03. The van der Waals surface area contributed by atoms with Gasteiger partial charge in [0.05, 0.1) is 18.6 Å². The van der Waals surface area contributed by atoms with Gasteiger partial charge < -0.3 is 34.2 Å². The molecule has 3 aliphatic rings. The maximum Gasteiger partial charge on any atom is 1.00 e. The summed E-state index contributed by atoms with van der Waals surface area (Å²) in [4.78, 5) is 47.9. The molecule has 2 heterocycles. The van der Waals surface area contributed by atoms with Crippen molar-refractivity contribution in [3.8, 4) is 0 Å². The first-order valence-corrected chi connectivity index (χ1v) is 22.4. The number of carbonyl (C=O) groups excluding carboxylic acids is 4. The summed E-state index contributed by atoms with van der Waals surface area (Å²) in [7, 11) is 0. The van der Waals surface area contributed by atoms with Crippen molar-refractivity contribution in [2.75, 3.05) is 31.2 Å². The number of carbonyl (C=O) groups is 4. The van der Waals surface area contributed by atoms with E-state index in [4.69, 9.17) is 21.1 Å². The first kappa shape index (κ1) is 50.7. The van der Waals surface area contributed by atoms with E-state index in [1.165, 1.54) is 33.9 Å². The van der Waals surface area contributed by atoms with Crippen molar-refractivity contribution in [2.24, 2.45) is 0 Å². The second-order valence-corrected chi connectivity index (χ2v) is 17.6. The Labute approximate surface area is 395 Å². The number of hydrogen-bond donors (Lipinski definition) is 0. The molecule has 0 amide bonds. The summed E-state index contributed by atoms with van der Waals surface area (Å²) < 4.78 is 12.8. The van der Waals surface area contributed by atoms with Gasteiger partial charge in [-0.3, -0.25) is 9.59 Å². The zero-order valence-corrected chi connectivity index (χ0v) is 40.2. The fraction of sp³-hybridized carbons (Fsp3) is 0.500. The summed E-state index contributed by atoms with van der Waals surface area (Å²) >= 11 is 7.27. The van der Waals surface area contributed by atoms with Gasteiger partial charge >= 0.3 is 41.5 Å². The minimum absolute atomic E-state index is 0. The van der Waals surface area contributed by atoms with Gasteiger partial charge in [0.15, 0.2) is 5.71 Å². The number of rotatable bonds is 23. The predicted octanol–water partition coefficient (Wildman–Crippen LogP) is 5.18. The van der Waals surface area contributed by atoms with E-state index in [0.717, 1.165) is 74.2 Å². The number of nitrogens with zero attached hydrogens (tertiary/aromatic N) is 2. The number of carboxylic acids is 2. The molecule has 62 heavy (non-hydrogen) atoms. The Morgan fingerprint density at radius 1 is 0.710 bits per heavy atom. The number of ether oxygens (including phenoxy) is 2. The van der Waals surface area contributed by atoms with E-state index in [2.05, 4.69) is 110 Å². The van der Waals surface area contributed by atoms with Crippen LogP contribution in [-0.2, 0) is 39.5 Å². The maximum absolute atomic E-state index is 12.2. The van der Waals surface area contributed by atoms with Gasteiger partial charge in [0, 0.05) is 77.3 Å². The molecule has 5 rings (SSSR count). The molecule has 0 bridgehead atoms. The van der Waals surface area contributed by atoms with Crippen LogP contribution in [0, 0.1) is 0 Å². The number of aliphatic carboxylic acids is 2. The summed E-state index contributed by atoms with van der Waals surface area (Å²) in [6.07, 6.45) is 17.5. The number of esters is 2. The van der Waals surface area contributed by atoms with Crippen molar-refractivity contribution in [1.29, 1.82) is 0 Å². The number of anilines is 1. The molecule has 12 heteroatoms. The normalized spacial score (nSPS) is 17.7. The molecule has 0 atom stereocenters. The Hall–Kier alpha value is -3.96. The van der Waals surface area contributed by atoms with Gasteiger partial charge in [-0.25, -0.2) is 0 Å². The second-order valence-electron chi connectivity index (χ2n) is 17.3. The summed E-state index contributed by atoms with van der Waals surface area (Å²) in [6.45, 7) is 10.9. The van der Waals surface area contributed by atoms with E-state index in [0.29, 0.717) is 25.7 Å². The molecule has 0 radical (unpaired) electrons. The SMILES string of the molecule is CC1(C)C(/C=C/C2=C(Cl)C(=C/C=C3/N(CCCCCC(=O)OCCCC(=O)[O-])c4ccccc4C3(C)C)/CCC2)=[N+](CCCCCC(=O)OCCCC(=O)[O-])c2ccccc21.[Na+]. The monoisotopic (exact) mass is 876 g/mol. The molecule has 328 valence electrons. The van der Waals surface area contributed by atoms with Crippen molar-refractivity contribution in [3.63, 3.8) is 0 Å². The molecular formula is C50H62ClN2NaO8. The first-order valence-electron chi connectivity index (χ1n) is 22.0. The molecule has 0 fully saturated rings. The number of benzene rings is 2. The van der Waals surface area contributed by atoms with Crippen LogP contribution in [0.25, 0.3) is 0 Å². The third-order valence-corrected chi connectivity index (χ3v) is 12.5. The van der Waals surface area contributed by atoms with Gasteiger partial charge in [-0.1, -0.05) is 80.4 Å². The molecule has 0 saturated heterocycles. The summed E-state index contributed by atoms with van der Waals surface area (Å²) in [6, 6.07) is 17.1. The third-order valence-electron chi connectivity index (χ3n) is 12.0. The Bertz CT molecular complexity index is 2080. The van der Waals surface area contributed by atoms with Crippen molar-refractivity contribution in [2.45, 2.75) is 135 Å². The van der Waals surface area contributed by atoms with Crippen LogP contribution in [0.4, 0.5) is 11.4 Å². The Morgan fingerprint density at radius 2 is 1.31 bits per heavy atom. The molecular weight excluding hydrogens is 815 g/mol. The van der Waals surface area contributed by atoms with E-state index in [-0.39, 0.29) is 91.2 Å². The molecule has 10 nitrogen and oxygen atoms in total. The minimum Gasteiger partial charge on any atom is -0.550 e. The number of halogens is 1. The number of fused-ring (bicyclic) bond motifs is 2. The van der Waals surface area contributed by atoms with Gasteiger partial charge in [-0.05, 0) is 113 Å². The van der Waals surface area contributed by atoms with Crippen LogP contribution in [0.2, 0.25) is 0 Å². The van der Waals surface area contributed by atoms with E-state index in [1.807, 2.05) is 0 Å². The first-order chi connectivity index (χ1) is 29.2. The van der Waals surface area contributed by atoms with Gasteiger partial charge in [0.1, 0.15) is 6.54 Å². The fourth-order valence-electron chi connectivity index (χ4n) is 8.71. The third kappa shape index (κ3) is 13.5. The van der Waals surface area contributed by atoms with E-state index in [9.17, 15) is 29.4 Å². The molecule has 2 aromatic carbocycles.